The highest BCUT2D eigenvalue weighted by Gasteiger charge is 2.45. The van der Waals surface area contributed by atoms with Gasteiger partial charge in [0.25, 0.3) is 0 Å². The summed E-state index contributed by atoms with van der Waals surface area (Å²) in [6, 6.07) is 0.393. The molecule has 0 bridgehead atoms. The lowest BCUT2D eigenvalue weighted by Crippen LogP contribution is -2.41. The number of rotatable bonds is 7. The van der Waals surface area contributed by atoms with Gasteiger partial charge < -0.3 is 10.0 Å². The van der Waals surface area contributed by atoms with Crippen LogP contribution in [0.2, 0.25) is 0 Å². The molecule has 0 saturated heterocycles. The molecule has 20 heavy (non-hydrogen) atoms. The molecule has 3 atom stereocenters. The van der Waals surface area contributed by atoms with Crippen molar-refractivity contribution in [3.63, 3.8) is 0 Å². The third-order valence-corrected chi connectivity index (χ3v) is 4.90. The predicted molar refractivity (Wildman–Crippen MR) is 77.3 cm³/mol. The van der Waals surface area contributed by atoms with E-state index in [1.807, 2.05) is 4.90 Å². The van der Waals surface area contributed by atoms with Crippen molar-refractivity contribution in [2.45, 2.75) is 64.8 Å². The molecule has 1 N–H and O–H groups in total. The van der Waals surface area contributed by atoms with E-state index in [0.29, 0.717) is 18.4 Å². The van der Waals surface area contributed by atoms with Crippen molar-refractivity contribution in [2.24, 2.45) is 17.8 Å². The number of carbonyl (C=O) groups is 2. The number of hydrogen-bond donors (Lipinski definition) is 1. The van der Waals surface area contributed by atoms with Gasteiger partial charge in [0.15, 0.2) is 0 Å². The summed E-state index contributed by atoms with van der Waals surface area (Å²) in [5, 5.41) is 9.39. The van der Waals surface area contributed by atoms with E-state index in [4.69, 9.17) is 0 Å². The molecule has 2 fully saturated rings. The van der Waals surface area contributed by atoms with Crippen LogP contribution in [0, 0.1) is 17.8 Å². The van der Waals surface area contributed by atoms with Gasteiger partial charge in [-0.25, -0.2) is 0 Å². The van der Waals surface area contributed by atoms with Gasteiger partial charge in [-0.1, -0.05) is 26.7 Å². The van der Waals surface area contributed by atoms with Crippen LogP contribution < -0.4 is 0 Å². The molecule has 0 radical (unpaired) electrons. The minimum atomic E-state index is -0.787. The summed E-state index contributed by atoms with van der Waals surface area (Å²) in [6.45, 7) is 5.02. The Bertz CT molecular complexity index is 365. The molecule has 4 heteroatoms. The second-order valence-corrected chi connectivity index (χ2v) is 6.41. The number of aliphatic carboxylic acids is 1. The van der Waals surface area contributed by atoms with Gasteiger partial charge in [-0.05, 0) is 38.0 Å². The summed E-state index contributed by atoms with van der Waals surface area (Å²) < 4.78 is 0. The second-order valence-electron chi connectivity index (χ2n) is 6.41. The van der Waals surface area contributed by atoms with E-state index in [1.54, 1.807) is 0 Å². The van der Waals surface area contributed by atoms with Crippen LogP contribution in [0.1, 0.15) is 58.8 Å². The lowest BCUT2D eigenvalue weighted by molar-refractivity contribution is -0.149. The minimum Gasteiger partial charge on any atom is -0.481 e. The van der Waals surface area contributed by atoms with Gasteiger partial charge >= 0.3 is 5.97 Å². The van der Waals surface area contributed by atoms with Gasteiger partial charge in [-0.15, -0.1) is 0 Å². The molecule has 0 heterocycles. The number of carboxylic acid groups (broad SMARTS) is 1. The van der Waals surface area contributed by atoms with E-state index < -0.39 is 11.9 Å². The standard InChI is InChI=1S/C16H27NO3/c1-3-5-8-17(12-6-7-12)15(18)13-9-11(4-2)10-14(13)16(19)20/h11-14H,3-10H2,1-2H3,(H,19,20)/t11?,13-,14+/m0/s1. The first kappa shape index (κ1) is 15.3. The first-order valence-corrected chi connectivity index (χ1v) is 8.11. The van der Waals surface area contributed by atoms with Crippen LogP contribution in [0.5, 0.6) is 0 Å². The highest BCUT2D eigenvalue weighted by atomic mass is 16.4. The summed E-state index contributed by atoms with van der Waals surface area (Å²) in [4.78, 5) is 26.2. The molecule has 0 aromatic carbocycles. The number of nitrogens with zero attached hydrogens (tertiary/aromatic N) is 1. The Hall–Kier alpha value is -1.06. The van der Waals surface area contributed by atoms with Gasteiger partial charge in [0.1, 0.15) is 0 Å². The maximum atomic E-state index is 12.8. The molecule has 1 unspecified atom stereocenters. The zero-order valence-electron chi connectivity index (χ0n) is 12.7. The van der Waals surface area contributed by atoms with Crippen molar-refractivity contribution < 1.29 is 14.7 Å². The van der Waals surface area contributed by atoms with E-state index in [1.165, 1.54) is 0 Å². The van der Waals surface area contributed by atoms with Crippen LogP contribution in [0.3, 0.4) is 0 Å². The number of hydrogen-bond acceptors (Lipinski definition) is 2. The van der Waals surface area contributed by atoms with Gasteiger partial charge in [-0.2, -0.15) is 0 Å². The molecular formula is C16H27NO3. The Morgan fingerprint density at radius 1 is 1.15 bits per heavy atom. The Kier molecular flexibility index (Phi) is 5.06. The van der Waals surface area contributed by atoms with E-state index in [9.17, 15) is 14.7 Å². The van der Waals surface area contributed by atoms with Crippen molar-refractivity contribution in [1.29, 1.82) is 0 Å². The molecule has 0 aliphatic heterocycles. The predicted octanol–water partition coefficient (Wildman–Crippen LogP) is 2.91. The average Bonchev–Trinajstić information content (AvgIpc) is 3.16. The zero-order chi connectivity index (χ0) is 14.7. The molecular weight excluding hydrogens is 254 g/mol. The molecule has 4 nitrogen and oxygen atoms in total. The van der Waals surface area contributed by atoms with Crippen molar-refractivity contribution in [2.75, 3.05) is 6.54 Å². The fourth-order valence-electron chi connectivity index (χ4n) is 3.42. The van der Waals surface area contributed by atoms with Crippen LogP contribution in [-0.2, 0) is 9.59 Å². The highest BCUT2D eigenvalue weighted by Crippen LogP contribution is 2.41. The molecule has 0 aromatic rings. The summed E-state index contributed by atoms with van der Waals surface area (Å²) in [5.74, 6) is -1.02. The summed E-state index contributed by atoms with van der Waals surface area (Å²) in [7, 11) is 0. The van der Waals surface area contributed by atoms with Crippen molar-refractivity contribution in [3.05, 3.63) is 0 Å². The molecule has 2 aliphatic rings. The Morgan fingerprint density at radius 3 is 2.30 bits per heavy atom. The lowest BCUT2D eigenvalue weighted by atomic mass is 9.94. The fraction of sp³-hybridized carbons (Fsp3) is 0.875. The smallest absolute Gasteiger partial charge is 0.307 e. The van der Waals surface area contributed by atoms with Gasteiger partial charge in [0, 0.05) is 12.6 Å². The van der Waals surface area contributed by atoms with Crippen molar-refractivity contribution in [1.82, 2.24) is 4.90 Å². The number of carbonyl (C=O) groups excluding carboxylic acids is 1. The average molecular weight is 281 g/mol. The molecule has 2 saturated carbocycles. The van der Waals surface area contributed by atoms with Gasteiger partial charge in [-0.3, -0.25) is 9.59 Å². The van der Waals surface area contributed by atoms with Crippen LogP contribution in [-0.4, -0.2) is 34.5 Å². The van der Waals surface area contributed by atoms with E-state index in [2.05, 4.69) is 13.8 Å². The first-order chi connectivity index (χ1) is 9.58. The maximum absolute atomic E-state index is 12.8. The van der Waals surface area contributed by atoms with Gasteiger partial charge in [0.2, 0.25) is 5.91 Å². The zero-order valence-corrected chi connectivity index (χ0v) is 12.7. The van der Waals surface area contributed by atoms with E-state index in [0.717, 1.165) is 45.1 Å². The summed E-state index contributed by atoms with van der Waals surface area (Å²) in [6.07, 6.45) is 6.70. The molecule has 0 spiro atoms. The molecule has 2 aliphatic carbocycles. The lowest BCUT2D eigenvalue weighted by Gasteiger charge is -2.27. The Morgan fingerprint density at radius 2 is 1.80 bits per heavy atom. The van der Waals surface area contributed by atoms with Crippen LogP contribution in [0.4, 0.5) is 0 Å². The fourth-order valence-corrected chi connectivity index (χ4v) is 3.42. The van der Waals surface area contributed by atoms with Crippen molar-refractivity contribution >= 4 is 11.9 Å². The molecule has 1 amide bonds. The molecule has 2 rings (SSSR count). The van der Waals surface area contributed by atoms with Crippen molar-refractivity contribution in [3.8, 4) is 0 Å². The maximum Gasteiger partial charge on any atom is 0.307 e. The van der Waals surface area contributed by atoms with Crippen LogP contribution in [0.15, 0.2) is 0 Å². The largest absolute Gasteiger partial charge is 0.481 e. The molecule has 0 aromatic heterocycles. The quantitative estimate of drug-likeness (QED) is 0.780. The van der Waals surface area contributed by atoms with E-state index >= 15 is 0 Å². The highest BCUT2D eigenvalue weighted by molar-refractivity contribution is 5.85. The van der Waals surface area contributed by atoms with E-state index in [-0.39, 0.29) is 11.8 Å². The first-order valence-electron chi connectivity index (χ1n) is 8.11. The Balaban J connectivity index is 2.06. The number of amides is 1. The third kappa shape index (κ3) is 3.33. The summed E-state index contributed by atoms with van der Waals surface area (Å²) >= 11 is 0. The summed E-state index contributed by atoms with van der Waals surface area (Å²) in [5.41, 5.74) is 0. The van der Waals surface area contributed by atoms with Crippen LogP contribution in [0.25, 0.3) is 0 Å². The number of carboxylic acids is 1. The second kappa shape index (κ2) is 6.59. The minimum absolute atomic E-state index is 0.115. The number of unbranched alkanes of at least 4 members (excludes halogenated alkanes) is 1. The topological polar surface area (TPSA) is 57.6 Å². The van der Waals surface area contributed by atoms with Gasteiger partial charge in [0.05, 0.1) is 11.8 Å². The normalized spacial score (nSPS) is 29.4. The Labute approximate surface area is 121 Å². The SMILES string of the molecule is CCCCN(C(=O)[C@H]1CC(CC)C[C@H]1C(=O)O)C1CC1. The third-order valence-electron chi connectivity index (χ3n) is 4.90. The van der Waals surface area contributed by atoms with Crippen LogP contribution >= 0.6 is 0 Å². The monoisotopic (exact) mass is 281 g/mol. The molecule has 114 valence electrons.